The van der Waals surface area contributed by atoms with Crippen LogP contribution in [0.4, 0.5) is 0 Å². The summed E-state index contributed by atoms with van der Waals surface area (Å²) in [6, 6.07) is 7.10. The van der Waals surface area contributed by atoms with Crippen LogP contribution in [0.5, 0.6) is 0 Å². The van der Waals surface area contributed by atoms with E-state index in [0.717, 1.165) is 12.8 Å². The topological polar surface area (TPSA) is 75.8 Å². The Hall–Kier alpha value is -2.57. The van der Waals surface area contributed by atoms with Crippen molar-refractivity contribution in [2.24, 2.45) is 5.92 Å². The van der Waals surface area contributed by atoms with Crippen molar-refractivity contribution in [2.45, 2.75) is 32.7 Å². The molecule has 0 radical (unpaired) electrons. The monoisotopic (exact) mass is 359 g/mol. The maximum absolute atomic E-state index is 12.7. The van der Waals surface area contributed by atoms with E-state index in [-0.39, 0.29) is 24.3 Å². The molecule has 2 amide bonds. The molecule has 0 aliphatic carbocycles. The quantitative estimate of drug-likeness (QED) is 0.814. The first-order chi connectivity index (χ1) is 12.5. The molecule has 1 aliphatic rings. The average Bonchev–Trinajstić information content (AvgIpc) is 2.96. The summed E-state index contributed by atoms with van der Waals surface area (Å²) >= 11 is 0. The number of hydrogen-bond acceptors (Lipinski definition) is 4. The number of benzene rings is 1. The van der Waals surface area contributed by atoms with E-state index in [4.69, 9.17) is 4.42 Å². The van der Waals surface area contributed by atoms with Gasteiger partial charge in [-0.3, -0.25) is 14.2 Å². The minimum atomic E-state index is -0.513. The van der Waals surface area contributed by atoms with E-state index in [2.05, 4.69) is 0 Å². The Labute approximate surface area is 152 Å². The van der Waals surface area contributed by atoms with Crippen LogP contribution < -0.4 is 5.76 Å². The van der Waals surface area contributed by atoms with Gasteiger partial charge in [0.1, 0.15) is 6.54 Å². The van der Waals surface area contributed by atoms with Gasteiger partial charge in [0.05, 0.1) is 5.52 Å². The van der Waals surface area contributed by atoms with Crippen LogP contribution in [-0.2, 0) is 16.1 Å². The second kappa shape index (κ2) is 7.76. The summed E-state index contributed by atoms with van der Waals surface area (Å²) in [5.74, 6) is -0.218. The summed E-state index contributed by atoms with van der Waals surface area (Å²) in [6.07, 6.45) is 2.40. The number of piperidine rings is 1. The Morgan fingerprint density at radius 2 is 2.08 bits per heavy atom. The summed E-state index contributed by atoms with van der Waals surface area (Å²) < 4.78 is 6.58. The van der Waals surface area contributed by atoms with Gasteiger partial charge >= 0.3 is 5.76 Å². The van der Waals surface area contributed by atoms with Gasteiger partial charge in [0, 0.05) is 33.1 Å². The molecule has 1 fully saturated rings. The lowest BCUT2D eigenvalue weighted by Gasteiger charge is -2.34. The zero-order valence-corrected chi connectivity index (χ0v) is 15.3. The molecule has 1 aliphatic heterocycles. The number of likely N-dealkylation sites (tertiary alicyclic amines) is 1. The number of nitrogens with zero attached hydrogens (tertiary/aromatic N) is 3. The number of aromatic nitrogens is 1. The lowest BCUT2D eigenvalue weighted by molar-refractivity contribution is -0.134. The van der Waals surface area contributed by atoms with E-state index in [9.17, 15) is 14.4 Å². The number of fused-ring (bicyclic) bond motifs is 1. The van der Waals surface area contributed by atoms with Crippen LogP contribution in [0, 0.1) is 5.92 Å². The van der Waals surface area contributed by atoms with Gasteiger partial charge in [-0.05, 0) is 30.9 Å². The standard InChI is InChI=1S/C19H25N3O4/c1-3-17(23)20(2)11-14-7-6-10-21(12-14)18(24)13-22-15-8-4-5-9-16(15)26-19(22)25/h4-5,8-9,14H,3,6-7,10-13H2,1-2H3. The van der Waals surface area contributed by atoms with E-state index >= 15 is 0 Å². The molecule has 2 aromatic rings. The van der Waals surface area contributed by atoms with Crippen molar-refractivity contribution in [3.8, 4) is 0 Å². The highest BCUT2D eigenvalue weighted by Gasteiger charge is 2.26. The van der Waals surface area contributed by atoms with Crippen molar-refractivity contribution in [1.82, 2.24) is 14.4 Å². The normalized spacial score (nSPS) is 17.5. The zero-order valence-electron chi connectivity index (χ0n) is 15.3. The summed E-state index contributed by atoms with van der Waals surface area (Å²) in [5.41, 5.74) is 1.12. The molecule has 7 nitrogen and oxygen atoms in total. The van der Waals surface area contributed by atoms with Crippen molar-refractivity contribution in [2.75, 3.05) is 26.7 Å². The molecule has 1 atom stereocenters. The lowest BCUT2D eigenvalue weighted by atomic mass is 9.97. The highest BCUT2D eigenvalue weighted by Crippen LogP contribution is 2.19. The fourth-order valence-corrected chi connectivity index (χ4v) is 3.60. The molecule has 1 aromatic carbocycles. The molecular formula is C19H25N3O4. The van der Waals surface area contributed by atoms with Crippen LogP contribution in [0.2, 0.25) is 0 Å². The van der Waals surface area contributed by atoms with Crippen LogP contribution >= 0.6 is 0 Å². The Balaban J connectivity index is 1.67. The van der Waals surface area contributed by atoms with E-state index in [0.29, 0.717) is 37.2 Å². The van der Waals surface area contributed by atoms with E-state index in [1.807, 2.05) is 20.0 Å². The molecule has 0 bridgehead atoms. The van der Waals surface area contributed by atoms with Crippen molar-refractivity contribution >= 4 is 22.9 Å². The molecule has 7 heteroatoms. The van der Waals surface area contributed by atoms with Gasteiger partial charge in [0.15, 0.2) is 5.58 Å². The SMILES string of the molecule is CCC(=O)N(C)CC1CCCN(C(=O)Cn2c(=O)oc3ccccc32)C1. The zero-order chi connectivity index (χ0) is 18.7. The third-order valence-corrected chi connectivity index (χ3v) is 5.00. The molecule has 140 valence electrons. The first-order valence-electron chi connectivity index (χ1n) is 9.09. The number of oxazole rings is 1. The largest absolute Gasteiger partial charge is 0.420 e. The second-order valence-electron chi connectivity index (χ2n) is 6.90. The molecule has 0 N–H and O–H groups in total. The van der Waals surface area contributed by atoms with Gasteiger partial charge in [-0.1, -0.05) is 19.1 Å². The fourth-order valence-electron chi connectivity index (χ4n) is 3.60. The minimum absolute atomic E-state index is 0.0215. The van der Waals surface area contributed by atoms with Crippen LogP contribution in [0.3, 0.4) is 0 Å². The summed E-state index contributed by atoms with van der Waals surface area (Å²) in [7, 11) is 1.81. The number of rotatable bonds is 5. The van der Waals surface area contributed by atoms with Gasteiger partial charge in [0.25, 0.3) is 0 Å². The number of amides is 2. The molecule has 1 saturated heterocycles. The van der Waals surface area contributed by atoms with E-state index < -0.39 is 5.76 Å². The van der Waals surface area contributed by atoms with Gasteiger partial charge < -0.3 is 14.2 Å². The Morgan fingerprint density at radius 1 is 1.31 bits per heavy atom. The lowest BCUT2D eigenvalue weighted by Crippen LogP contribution is -2.45. The summed E-state index contributed by atoms with van der Waals surface area (Å²) in [6.45, 7) is 3.79. The van der Waals surface area contributed by atoms with Crippen molar-refractivity contribution < 1.29 is 14.0 Å². The van der Waals surface area contributed by atoms with Crippen molar-refractivity contribution in [3.05, 3.63) is 34.8 Å². The van der Waals surface area contributed by atoms with Gasteiger partial charge in [0.2, 0.25) is 11.8 Å². The third-order valence-electron chi connectivity index (χ3n) is 5.00. The summed E-state index contributed by atoms with van der Waals surface area (Å²) in [5, 5.41) is 0. The first-order valence-corrected chi connectivity index (χ1v) is 9.09. The Morgan fingerprint density at radius 3 is 2.85 bits per heavy atom. The molecule has 3 rings (SSSR count). The second-order valence-corrected chi connectivity index (χ2v) is 6.90. The van der Waals surface area contributed by atoms with Crippen LogP contribution in [0.1, 0.15) is 26.2 Å². The fraction of sp³-hybridized carbons (Fsp3) is 0.526. The molecule has 1 aromatic heterocycles. The third kappa shape index (κ3) is 3.81. The van der Waals surface area contributed by atoms with E-state index in [1.54, 1.807) is 28.0 Å². The number of para-hydroxylation sites is 2. The smallest absolute Gasteiger partial charge is 0.408 e. The van der Waals surface area contributed by atoms with Gasteiger partial charge in [-0.15, -0.1) is 0 Å². The molecule has 0 saturated carbocycles. The van der Waals surface area contributed by atoms with Crippen LogP contribution in [-0.4, -0.2) is 52.9 Å². The maximum Gasteiger partial charge on any atom is 0.420 e. The number of hydrogen-bond donors (Lipinski definition) is 0. The Kier molecular flexibility index (Phi) is 5.44. The highest BCUT2D eigenvalue weighted by atomic mass is 16.4. The summed E-state index contributed by atoms with van der Waals surface area (Å²) in [4.78, 5) is 40.1. The predicted molar refractivity (Wildman–Crippen MR) is 97.7 cm³/mol. The minimum Gasteiger partial charge on any atom is -0.408 e. The maximum atomic E-state index is 12.7. The highest BCUT2D eigenvalue weighted by molar-refractivity contribution is 5.79. The molecule has 26 heavy (non-hydrogen) atoms. The average molecular weight is 359 g/mol. The number of carbonyl (C=O) groups is 2. The number of carbonyl (C=O) groups excluding carboxylic acids is 2. The molecular weight excluding hydrogens is 334 g/mol. The first kappa shape index (κ1) is 18.2. The van der Waals surface area contributed by atoms with Crippen LogP contribution in [0.15, 0.2) is 33.5 Å². The van der Waals surface area contributed by atoms with Gasteiger partial charge in [-0.2, -0.15) is 0 Å². The molecule has 2 heterocycles. The van der Waals surface area contributed by atoms with Gasteiger partial charge in [-0.25, -0.2) is 4.79 Å². The van der Waals surface area contributed by atoms with Crippen molar-refractivity contribution in [3.63, 3.8) is 0 Å². The van der Waals surface area contributed by atoms with Crippen LogP contribution in [0.25, 0.3) is 11.1 Å². The Bertz CT molecular complexity index is 854. The molecule has 1 unspecified atom stereocenters. The van der Waals surface area contributed by atoms with E-state index in [1.165, 1.54) is 4.57 Å². The predicted octanol–water partition coefficient (Wildman–Crippen LogP) is 1.70. The molecule has 0 spiro atoms. The van der Waals surface area contributed by atoms with Crippen molar-refractivity contribution in [1.29, 1.82) is 0 Å².